The minimum absolute atomic E-state index is 0. The molecular weight excluding hydrogens is 901 g/mol. The van der Waals surface area contributed by atoms with Crippen LogP contribution in [0.3, 0.4) is 0 Å². The molecule has 0 amide bonds. The average molecular weight is 919 g/mol. The van der Waals surface area contributed by atoms with Crippen LogP contribution >= 0.6 is 11.8 Å². The molecule has 2 unspecified atom stereocenters. The van der Waals surface area contributed by atoms with Gasteiger partial charge in [-0.1, -0.05) is 6.92 Å². The molecule has 1 fully saturated rings. The molecule has 1 saturated heterocycles. The van der Waals surface area contributed by atoms with Gasteiger partial charge in [-0.25, -0.2) is 0 Å². The first kappa shape index (κ1) is 27.3. The van der Waals surface area contributed by atoms with Crippen LogP contribution < -0.4 is 0 Å². The maximum Gasteiger partial charge on any atom is 0.132 e. The number of ether oxygens (including phenoxy) is 2. The Kier molecular flexibility index (Phi) is 22.8. The summed E-state index contributed by atoms with van der Waals surface area (Å²) in [4.78, 5) is 0. The molecule has 3 radical (unpaired) electrons. The van der Waals surface area contributed by atoms with Gasteiger partial charge in [-0.2, -0.15) is 0 Å². The third-order valence-corrected chi connectivity index (χ3v) is 3.48. The second-order valence-corrected chi connectivity index (χ2v) is 4.74. The van der Waals surface area contributed by atoms with Crippen molar-refractivity contribution in [2.24, 2.45) is 0 Å². The van der Waals surface area contributed by atoms with Gasteiger partial charge in [-0.15, -0.1) is 11.8 Å². The first-order chi connectivity index (χ1) is 7.15. The second-order valence-electron chi connectivity index (χ2n) is 3.36. The Labute approximate surface area is 220 Å². The largest absolute Gasteiger partial charge is 0.394 e. The molecular formula is C9H18Ac3O5S. The van der Waals surface area contributed by atoms with E-state index < -0.39 is 29.9 Å². The molecule has 0 spiro atoms. The molecule has 0 aromatic rings. The van der Waals surface area contributed by atoms with E-state index in [0.29, 0.717) is 0 Å². The Balaban J connectivity index is -0.000000750. The van der Waals surface area contributed by atoms with E-state index >= 15 is 0 Å². The molecule has 0 aliphatic carbocycles. The fraction of sp³-hybridized carbons (Fsp3) is 1.00. The number of aliphatic hydroxyl groups is 3. The zero-order valence-electron chi connectivity index (χ0n) is 10.6. The molecule has 0 saturated carbocycles. The Morgan fingerprint density at radius 2 is 1.72 bits per heavy atom. The van der Waals surface area contributed by atoms with Gasteiger partial charge in [0.25, 0.3) is 0 Å². The molecule has 1 heterocycles. The van der Waals surface area contributed by atoms with Crippen LogP contribution in [0.25, 0.3) is 0 Å². The van der Waals surface area contributed by atoms with Gasteiger partial charge in [0, 0.05) is 139 Å². The molecule has 0 aromatic carbocycles. The van der Waals surface area contributed by atoms with Crippen molar-refractivity contribution in [1.82, 2.24) is 0 Å². The van der Waals surface area contributed by atoms with E-state index in [2.05, 4.69) is 0 Å². The van der Waals surface area contributed by atoms with Gasteiger partial charge in [-0.05, 0) is 5.75 Å². The van der Waals surface area contributed by atoms with E-state index in [1.54, 1.807) is 0 Å². The fourth-order valence-electron chi connectivity index (χ4n) is 1.63. The molecule has 9 heteroatoms. The minimum Gasteiger partial charge on any atom is -0.394 e. The Bertz CT molecular complexity index is 203. The van der Waals surface area contributed by atoms with Crippen LogP contribution in [0, 0.1) is 132 Å². The summed E-state index contributed by atoms with van der Waals surface area (Å²) < 4.78 is 10.4. The van der Waals surface area contributed by atoms with Gasteiger partial charge >= 0.3 is 0 Å². The van der Waals surface area contributed by atoms with Crippen molar-refractivity contribution < 1.29 is 157 Å². The first-order valence-electron chi connectivity index (χ1n) is 4.92. The van der Waals surface area contributed by atoms with Crippen LogP contribution in [0.1, 0.15) is 6.92 Å². The van der Waals surface area contributed by atoms with Crippen molar-refractivity contribution in [2.75, 3.05) is 19.5 Å². The number of methoxy groups -OCH3 is 1. The van der Waals surface area contributed by atoms with Gasteiger partial charge in [0.15, 0.2) is 0 Å². The smallest absolute Gasteiger partial charge is 0.132 e. The fourth-order valence-corrected chi connectivity index (χ4v) is 2.54. The summed E-state index contributed by atoms with van der Waals surface area (Å²) in [6.07, 6.45) is -3.27. The van der Waals surface area contributed by atoms with Gasteiger partial charge < -0.3 is 24.8 Å². The van der Waals surface area contributed by atoms with Crippen molar-refractivity contribution in [2.45, 2.75) is 36.8 Å². The van der Waals surface area contributed by atoms with Gasteiger partial charge in [0.1, 0.15) is 29.9 Å². The molecule has 99 valence electrons. The van der Waals surface area contributed by atoms with Crippen molar-refractivity contribution in [3.63, 3.8) is 0 Å². The van der Waals surface area contributed by atoms with E-state index in [1.165, 1.54) is 18.9 Å². The maximum absolute atomic E-state index is 9.83. The van der Waals surface area contributed by atoms with E-state index in [9.17, 15) is 10.2 Å². The number of rotatable bonds is 4. The minimum atomic E-state index is -0.997. The monoisotopic (exact) mass is 919 g/mol. The van der Waals surface area contributed by atoms with Gasteiger partial charge in [-0.3, -0.25) is 0 Å². The molecule has 5 nitrogen and oxygen atoms in total. The predicted molar refractivity (Wildman–Crippen MR) is 56.7 cm³/mol. The molecule has 1 rings (SSSR count). The molecule has 1 aliphatic rings. The van der Waals surface area contributed by atoms with Crippen LogP contribution in [0.5, 0.6) is 0 Å². The third-order valence-electron chi connectivity index (χ3n) is 2.42. The molecule has 3 N–H and O–H groups in total. The molecule has 0 aromatic heterocycles. The average Bonchev–Trinajstić information content (AvgIpc) is 2.23. The van der Waals surface area contributed by atoms with Crippen LogP contribution in [-0.4, -0.2) is 64.6 Å². The van der Waals surface area contributed by atoms with Crippen molar-refractivity contribution in [3.8, 4) is 0 Å². The van der Waals surface area contributed by atoms with Crippen LogP contribution in [0.2, 0.25) is 0 Å². The number of aliphatic hydroxyl groups excluding tert-OH is 3. The summed E-state index contributed by atoms with van der Waals surface area (Å²) >= 11 is 1.43. The van der Waals surface area contributed by atoms with Gasteiger partial charge in [0.05, 0.1) is 6.61 Å². The van der Waals surface area contributed by atoms with E-state index in [-0.39, 0.29) is 139 Å². The molecule has 18 heavy (non-hydrogen) atoms. The number of thioether (sulfide) groups is 1. The Morgan fingerprint density at radius 3 is 2.11 bits per heavy atom. The van der Waals surface area contributed by atoms with Crippen molar-refractivity contribution in [3.05, 3.63) is 0 Å². The van der Waals surface area contributed by atoms with E-state index in [0.717, 1.165) is 5.75 Å². The molecule has 0 bridgehead atoms. The summed E-state index contributed by atoms with van der Waals surface area (Å²) in [6, 6.07) is 0. The van der Waals surface area contributed by atoms with Crippen molar-refractivity contribution in [1.29, 1.82) is 0 Å². The summed E-state index contributed by atoms with van der Waals surface area (Å²) in [7, 11) is 1.42. The number of hydrogen-bond acceptors (Lipinski definition) is 6. The summed E-state index contributed by atoms with van der Waals surface area (Å²) in [5.41, 5.74) is -0.458. The number of hydrogen-bond donors (Lipinski definition) is 3. The molecule has 1 aliphatic heterocycles. The summed E-state index contributed by atoms with van der Waals surface area (Å²) in [5.74, 6) is 0.784. The van der Waals surface area contributed by atoms with E-state index in [1.807, 2.05) is 6.92 Å². The zero-order chi connectivity index (χ0) is 11.4. The summed E-state index contributed by atoms with van der Waals surface area (Å²) in [5, 5.41) is 28.6. The van der Waals surface area contributed by atoms with Crippen LogP contribution in [-0.2, 0) is 9.47 Å². The SMILES string of the molecule is CCS[C@H]1O[C@@H](CO)[C@@H](O)C(OC)C1O.[Ac].[Ac].[Ac]. The Hall–Kier alpha value is 4.47. The standard InChI is InChI=1S/C9H18O5S.3Ac/c1-3-15-9-7(12)8(13-2)6(11)5(4-10)14-9;;;/h5-12H,3-4H2,1-2H3;;;/t5-,6+,7?,8?,9+;;;/m0.../s1. The zero-order valence-corrected chi connectivity index (χ0v) is 25.7. The predicted octanol–water partition coefficient (Wildman–Crippen LogP) is -0.807. The quantitative estimate of drug-likeness (QED) is 0.343. The first-order valence-corrected chi connectivity index (χ1v) is 5.97. The van der Waals surface area contributed by atoms with Crippen LogP contribution in [0.4, 0.5) is 0 Å². The van der Waals surface area contributed by atoms with Crippen LogP contribution in [0.15, 0.2) is 0 Å². The van der Waals surface area contributed by atoms with Gasteiger partial charge in [0.2, 0.25) is 0 Å². The normalized spacial score (nSPS) is 34.8. The third kappa shape index (κ3) is 7.84. The van der Waals surface area contributed by atoms with Crippen molar-refractivity contribution >= 4 is 11.8 Å². The summed E-state index contributed by atoms with van der Waals surface area (Å²) in [6.45, 7) is 1.66. The second kappa shape index (κ2) is 15.0. The topological polar surface area (TPSA) is 79.2 Å². The Morgan fingerprint density at radius 1 is 1.17 bits per heavy atom. The molecule has 5 atom stereocenters. The maximum atomic E-state index is 9.83. The van der Waals surface area contributed by atoms with E-state index in [4.69, 9.17) is 14.6 Å².